The lowest BCUT2D eigenvalue weighted by atomic mass is 10.0. The first-order valence-electron chi connectivity index (χ1n) is 8.29. The van der Waals surface area contributed by atoms with E-state index >= 15 is 0 Å². The molecule has 0 aromatic heterocycles. The lowest BCUT2D eigenvalue weighted by molar-refractivity contribution is 0.505. The number of anilines is 1. The van der Waals surface area contributed by atoms with Gasteiger partial charge in [-0.1, -0.05) is 50.5 Å². The monoisotopic (exact) mass is 354 g/mol. The fourth-order valence-electron chi connectivity index (χ4n) is 2.80. The van der Waals surface area contributed by atoms with Crippen LogP contribution < -0.4 is 10.2 Å². The second-order valence-corrected chi connectivity index (χ2v) is 6.99. The molecule has 1 rings (SSSR count). The Morgan fingerprint density at radius 2 is 1.81 bits per heavy atom. The zero-order chi connectivity index (χ0) is 15.8. The van der Waals surface area contributed by atoms with Crippen molar-refractivity contribution in [2.75, 3.05) is 18.0 Å². The quantitative estimate of drug-likeness (QED) is 0.654. The maximum Gasteiger partial charge on any atom is 0.0415 e. The van der Waals surface area contributed by atoms with Crippen LogP contribution in [-0.2, 0) is 6.54 Å². The summed E-state index contributed by atoms with van der Waals surface area (Å²) in [7, 11) is 0. The highest BCUT2D eigenvalue weighted by molar-refractivity contribution is 9.10. The minimum atomic E-state index is 0.619. The average molecular weight is 355 g/mol. The van der Waals surface area contributed by atoms with Gasteiger partial charge in [0.25, 0.3) is 0 Å². The molecule has 0 aliphatic carbocycles. The molecule has 120 valence electrons. The van der Waals surface area contributed by atoms with Gasteiger partial charge in [-0.15, -0.1) is 0 Å². The normalized spacial score (nSPS) is 11.4. The van der Waals surface area contributed by atoms with Crippen LogP contribution in [-0.4, -0.2) is 19.1 Å². The molecule has 0 unspecified atom stereocenters. The van der Waals surface area contributed by atoms with E-state index in [1.165, 1.54) is 24.1 Å². The molecule has 0 heterocycles. The zero-order valence-electron chi connectivity index (χ0n) is 14.2. The van der Waals surface area contributed by atoms with E-state index in [0.29, 0.717) is 12.0 Å². The van der Waals surface area contributed by atoms with Gasteiger partial charge in [0, 0.05) is 29.3 Å². The van der Waals surface area contributed by atoms with E-state index in [0.717, 1.165) is 24.1 Å². The predicted octanol–water partition coefficient (Wildman–Crippen LogP) is 5.21. The van der Waals surface area contributed by atoms with E-state index in [1.54, 1.807) is 0 Å². The molecule has 0 amide bonds. The third-order valence-corrected chi connectivity index (χ3v) is 4.35. The van der Waals surface area contributed by atoms with Crippen LogP contribution in [0.4, 0.5) is 5.69 Å². The van der Waals surface area contributed by atoms with Crippen molar-refractivity contribution in [3.8, 4) is 0 Å². The molecule has 0 spiro atoms. The Kier molecular flexibility index (Phi) is 8.35. The number of benzene rings is 1. The highest BCUT2D eigenvalue weighted by atomic mass is 79.9. The number of hydrogen-bond donors (Lipinski definition) is 1. The Hall–Kier alpha value is -0.540. The Balaban J connectivity index is 3.15. The average Bonchev–Trinajstić information content (AvgIpc) is 2.45. The Morgan fingerprint density at radius 3 is 2.33 bits per heavy atom. The SMILES string of the molecule is CCNCc1cc(Br)ccc1N(CC(C)C)C(CC)CC. The van der Waals surface area contributed by atoms with Crippen molar-refractivity contribution in [2.45, 2.75) is 60.0 Å². The van der Waals surface area contributed by atoms with Crippen LogP contribution in [0.5, 0.6) is 0 Å². The summed E-state index contributed by atoms with van der Waals surface area (Å²) in [6, 6.07) is 7.32. The topological polar surface area (TPSA) is 15.3 Å². The molecule has 21 heavy (non-hydrogen) atoms. The molecule has 0 saturated carbocycles. The lowest BCUT2D eigenvalue weighted by Gasteiger charge is -2.36. The first kappa shape index (κ1) is 18.5. The molecule has 2 nitrogen and oxygen atoms in total. The van der Waals surface area contributed by atoms with Crippen LogP contribution in [0.2, 0.25) is 0 Å². The zero-order valence-corrected chi connectivity index (χ0v) is 15.8. The summed E-state index contributed by atoms with van der Waals surface area (Å²) in [5, 5.41) is 3.47. The molecule has 1 aromatic carbocycles. The van der Waals surface area contributed by atoms with Crippen molar-refractivity contribution in [3.05, 3.63) is 28.2 Å². The maximum atomic E-state index is 3.61. The Bertz CT molecular complexity index is 414. The lowest BCUT2D eigenvalue weighted by Crippen LogP contribution is -2.38. The molecule has 0 fully saturated rings. The second-order valence-electron chi connectivity index (χ2n) is 6.07. The van der Waals surface area contributed by atoms with Gasteiger partial charge in [0.1, 0.15) is 0 Å². The van der Waals surface area contributed by atoms with E-state index in [4.69, 9.17) is 0 Å². The van der Waals surface area contributed by atoms with Crippen LogP contribution >= 0.6 is 15.9 Å². The van der Waals surface area contributed by atoms with Crippen molar-refractivity contribution < 1.29 is 0 Å². The van der Waals surface area contributed by atoms with E-state index < -0.39 is 0 Å². The molecule has 1 aromatic rings. The van der Waals surface area contributed by atoms with E-state index in [2.05, 4.69) is 79.0 Å². The van der Waals surface area contributed by atoms with Crippen molar-refractivity contribution in [2.24, 2.45) is 5.92 Å². The summed E-state index contributed by atoms with van der Waals surface area (Å²) in [6.45, 7) is 14.4. The molecule has 0 saturated heterocycles. The van der Waals surface area contributed by atoms with E-state index in [9.17, 15) is 0 Å². The van der Waals surface area contributed by atoms with Gasteiger partial charge < -0.3 is 10.2 Å². The van der Waals surface area contributed by atoms with Crippen LogP contribution in [0.15, 0.2) is 22.7 Å². The molecule has 0 aliphatic heterocycles. The molecule has 0 radical (unpaired) electrons. The smallest absolute Gasteiger partial charge is 0.0415 e. The van der Waals surface area contributed by atoms with Crippen molar-refractivity contribution >= 4 is 21.6 Å². The molecule has 0 aliphatic rings. The largest absolute Gasteiger partial charge is 0.368 e. The van der Waals surface area contributed by atoms with E-state index in [-0.39, 0.29) is 0 Å². The van der Waals surface area contributed by atoms with Gasteiger partial charge >= 0.3 is 0 Å². The fourth-order valence-corrected chi connectivity index (χ4v) is 3.21. The minimum Gasteiger partial charge on any atom is -0.368 e. The van der Waals surface area contributed by atoms with Gasteiger partial charge in [-0.05, 0) is 49.1 Å². The summed E-state index contributed by atoms with van der Waals surface area (Å²) in [5.41, 5.74) is 2.78. The van der Waals surface area contributed by atoms with Gasteiger partial charge in [-0.25, -0.2) is 0 Å². The van der Waals surface area contributed by atoms with Crippen molar-refractivity contribution in [1.29, 1.82) is 0 Å². The first-order chi connectivity index (χ1) is 10.0. The standard InChI is InChI=1S/C18H31BrN2/c1-6-17(7-2)21(13-14(4)5)18-10-9-16(19)11-15(18)12-20-8-3/h9-11,14,17,20H,6-8,12-13H2,1-5H3. The number of rotatable bonds is 9. The summed E-state index contributed by atoms with van der Waals surface area (Å²) < 4.78 is 1.16. The summed E-state index contributed by atoms with van der Waals surface area (Å²) in [4.78, 5) is 2.61. The summed E-state index contributed by atoms with van der Waals surface area (Å²) >= 11 is 3.61. The van der Waals surface area contributed by atoms with Crippen molar-refractivity contribution in [3.63, 3.8) is 0 Å². The van der Waals surface area contributed by atoms with Gasteiger partial charge in [-0.2, -0.15) is 0 Å². The van der Waals surface area contributed by atoms with Gasteiger partial charge in [-0.3, -0.25) is 0 Å². The van der Waals surface area contributed by atoms with Gasteiger partial charge in [0.2, 0.25) is 0 Å². The van der Waals surface area contributed by atoms with Crippen LogP contribution in [0.25, 0.3) is 0 Å². The van der Waals surface area contributed by atoms with E-state index in [1.807, 2.05) is 0 Å². The number of nitrogens with zero attached hydrogens (tertiary/aromatic N) is 1. The number of hydrogen-bond acceptors (Lipinski definition) is 2. The van der Waals surface area contributed by atoms with Crippen LogP contribution in [0.1, 0.15) is 53.0 Å². The Morgan fingerprint density at radius 1 is 1.14 bits per heavy atom. The molecule has 1 N–H and O–H groups in total. The molecule has 0 bridgehead atoms. The van der Waals surface area contributed by atoms with Crippen molar-refractivity contribution in [1.82, 2.24) is 5.32 Å². The number of nitrogens with one attached hydrogen (secondary N) is 1. The predicted molar refractivity (Wildman–Crippen MR) is 98.1 cm³/mol. The Labute approximate surface area is 139 Å². The second kappa shape index (κ2) is 9.47. The molecule has 3 heteroatoms. The minimum absolute atomic E-state index is 0.619. The highest BCUT2D eigenvalue weighted by Crippen LogP contribution is 2.28. The first-order valence-corrected chi connectivity index (χ1v) is 9.08. The molecular formula is C18H31BrN2. The number of halogens is 1. The third kappa shape index (κ3) is 5.63. The molecule has 0 atom stereocenters. The summed E-state index contributed by atoms with van der Waals surface area (Å²) in [5.74, 6) is 0.668. The van der Waals surface area contributed by atoms with Crippen LogP contribution in [0, 0.1) is 5.92 Å². The third-order valence-electron chi connectivity index (χ3n) is 3.86. The fraction of sp³-hybridized carbons (Fsp3) is 0.667. The highest BCUT2D eigenvalue weighted by Gasteiger charge is 2.19. The van der Waals surface area contributed by atoms with Crippen LogP contribution in [0.3, 0.4) is 0 Å². The van der Waals surface area contributed by atoms with Gasteiger partial charge in [0.15, 0.2) is 0 Å². The summed E-state index contributed by atoms with van der Waals surface area (Å²) in [6.07, 6.45) is 2.39. The maximum absolute atomic E-state index is 3.61. The van der Waals surface area contributed by atoms with Gasteiger partial charge in [0.05, 0.1) is 0 Å². The molecular weight excluding hydrogens is 324 g/mol.